The smallest absolute Gasteiger partial charge is 0.319 e. The zero-order valence-corrected chi connectivity index (χ0v) is 24.7. The fourth-order valence-corrected chi connectivity index (χ4v) is 4.96. The molecule has 3 heterocycles. The summed E-state index contributed by atoms with van der Waals surface area (Å²) >= 11 is 6.08. The molecular weight excluding hydrogens is 591 g/mol. The summed E-state index contributed by atoms with van der Waals surface area (Å²) < 4.78 is 20.6. The van der Waals surface area contributed by atoms with Gasteiger partial charge in [-0.3, -0.25) is 4.57 Å². The van der Waals surface area contributed by atoms with Crippen molar-refractivity contribution in [3.63, 3.8) is 0 Å². The van der Waals surface area contributed by atoms with Crippen molar-refractivity contribution in [1.29, 1.82) is 0 Å². The van der Waals surface area contributed by atoms with Crippen molar-refractivity contribution < 1.29 is 24.1 Å². The maximum absolute atomic E-state index is 13.0. The van der Waals surface area contributed by atoms with Crippen LogP contribution in [0.3, 0.4) is 0 Å². The van der Waals surface area contributed by atoms with Gasteiger partial charge in [0.25, 0.3) is 0 Å². The molecule has 6 N–H and O–H groups in total. The van der Waals surface area contributed by atoms with Crippen LogP contribution in [0, 0.1) is 5.82 Å². The van der Waals surface area contributed by atoms with Gasteiger partial charge in [0.2, 0.25) is 0 Å². The molecule has 1 aliphatic rings. The van der Waals surface area contributed by atoms with E-state index in [1.165, 1.54) is 36.9 Å². The molecule has 0 bridgehead atoms. The molecule has 1 unspecified atom stereocenters. The Morgan fingerprint density at radius 2 is 1.95 bits per heavy atom. The van der Waals surface area contributed by atoms with Crippen molar-refractivity contribution in [3.05, 3.63) is 89.7 Å². The Bertz CT molecular complexity index is 1590. The maximum atomic E-state index is 13.0. The minimum atomic E-state index is -1.21. The van der Waals surface area contributed by atoms with Crippen LogP contribution < -0.4 is 21.3 Å². The quantitative estimate of drug-likeness (QED) is 0.102. The molecule has 44 heavy (non-hydrogen) atoms. The highest BCUT2D eigenvalue weighted by molar-refractivity contribution is 6.30. The third-order valence-corrected chi connectivity index (χ3v) is 7.29. The first-order valence-corrected chi connectivity index (χ1v) is 14.6. The molecule has 0 saturated carbocycles. The first kappa shape index (κ1) is 31.3. The number of nitrogens with zero attached hydrogens (tertiary/aromatic N) is 4. The van der Waals surface area contributed by atoms with Gasteiger partial charge in [0, 0.05) is 29.8 Å². The van der Waals surface area contributed by atoms with Crippen molar-refractivity contribution in [1.82, 2.24) is 30.2 Å². The fraction of sp³-hybridized carbons (Fsp3) is 0.333. The second kappa shape index (κ2) is 14.6. The average molecular weight is 625 g/mol. The van der Waals surface area contributed by atoms with E-state index in [0.717, 1.165) is 5.56 Å². The topological polar surface area (TPSA) is 158 Å². The summed E-state index contributed by atoms with van der Waals surface area (Å²) in [5.74, 6) is 0.146. The maximum Gasteiger partial charge on any atom is 0.319 e. The van der Waals surface area contributed by atoms with Gasteiger partial charge >= 0.3 is 6.03 Å². The highest BCUT2D eigenvalue weighted by atomic mass is 35.5. The number of carbonyl (C=O) groups excluding carboxylic acids is 1. The summed E-state index contributed by atoms with van der Waals surface area (Å²) in [6.07, 6.45) is 3.11. The number of carbonyl (C=O) groups is 1. The van der Waals surface area contributed by atoms with E-state index in [9.17, 15) is 19.4 Å². The van der Waals surface area contributed by atoms with E-state index in [4.69, 9.17) is 16.3 Å². The summed E-state index contributed by atoms with van der Waals surface area (Å²) in [4.78, 5) is 25.1. The Balaban J connectivity index is 1.10. The second-order valence-electron chi connectivity index (χ2n) is 10.4. The van der Waals surface area contributed by atoms with Crippen LogP contribution in [0.4, 0.5) is 20.7 Å². The summed E-state index contributed by atoms with van der Waals surface area (Å²) in [6, 6.07) is 12.6. The minimum absolute atomic E-state index is 0.0648. The van der Waals surface area contributed by atoms with Crippen LogP contribution in [0.15, 0.2) is 73.3 Å². The van der Waals surface area contributed by atoms with Crippen LogP contribution in [-0.2, 0) is 11.3 Å². The first-order chi connectivity index (χ1) is 21.3. The summed E-state index contributed by atoms with van der Waals surface area (Å²) in [5.41, 5.74) is 2.43. The molecule has 0 spiro atoms. The van der Waals surface area contributed by atoms with E-state index < -0.39 is 24.5 Å². The zero-order valence-electron chi connectivity index (χ0n) is 23.9. The van der Waals surface area contributed by atoms with Gasteiger partial charge in [0.15, 0.2) is 23.2 Å². The minimum Gasteiger partial charge on any atom is -0.387 e. The van der Waals surface area contributed by atoms with Gasteiger partial charge in [-0.2, -0.15) is 0 Å². The fourth-order valence-electron chi connectivity index (χ4n) is 4.75. The number of urea groups is 1. The lowest BCUT2D eigenvalue weighted by molar-refractivity contribution is -0.0245. The Labute approximate surface area is 258 Å². The third kappa shape index (κ3) is 7.87. The van der Waals surface area contributed by atoms with E-state index in [1.54, 1.807) is 16.7 Å². The predicted molar refractivity (Wildman–Crippen MR) is 165 cm³/mol. The summed E-state index contributed by atoms with van der Waals surface area (Å²) in [7, 11) is 0. The number of nitrogens with one attached hydrogen (secondary N) is 4. The molecule has 14 heteroatoms. The van der Waals surface area contributed by atoms with Crippen molar-refractivity contribution in [3.8, 4) is 0 Å². The van der Waals surface area contributed by atoms with Crippen LogP contribution in [0.25, 0.3) is 11.2 Å². The van der Waals surface area contributed by atoms with Crippen molar-refractivity contribution in [2.45, 2.75) is 50.5 Å². The number of aromatic nitrogens is 4. The Hall–Kier alpha value is -4.14. The van der Waals surface area contributed by atoms with Crippen LogP contribution in [0.1, 0.15) is 25.1 Å². The highest BCUT2D eigenvalue weighted by Gasteiger charge is 2.43. The average Bonchev–Trinajstić information content (AvgIpc) is 3.56. The number of ether oxygens (including phenoxy) is 1. The van der Waals surface area contributed by atoms with Crippen molar-refractivity contribution >= 4 is 40.3 Å². The van der Waals surface area contributed by atoms with Gasteiger partial charge in [-0.25, -0.2) is 24.1 Å². The first-order valence-electron chi connectivity index (χ1n) is 14.2. The van der Waals surface area contributed by atoms with Gasteiger partial charge in [0.1, 0.15) is 30.5 Å². The number of aliphatic hydroxyl groups is 2. The number of rotatable bonds is 12. The molecule has 4 aromatic rings. The van der Waals surface area contributed by atoms with Gasteiger partial charge in [-0.05, 0) is 61.9 Å². The van der Waals surface area contributed by atoms with E-state index in [2.05, 4.69) is 36.2 Å². The van der Waals surface area contributed by atoms with Gasteiger partial charge in [0.05, 0.1) is 6.33 Å². The second-order valence-corrected chi connectivity index (χ2v) is 10.8. The number of imidazole rings is 1. The van der Waals surface area contributed by atoms with Gasteiger partial charge in [-0.15, -0.1) is 0 Å². The number of amides is 2. The third-order valence-electron chi connectivity index (χ3n) is 7.05. The van der Waals surface area contributed by atoms with E-state index >= 15 is 0 Å². The molecule has 5 atom stereocenters. The summed E-state index contributed by atoms with van der Waals surface area (Å²) in [6.45, 7) is 3.48. The molecule has 12 nitrogen and oxygen atoms in total. The molecule has 232 valence electrons. The van der Waals surface area contributed by atoms with Crippen molar-refractivity contribution in [2.24, 2.45) is 0 Å². The Morgan fingerprint density at radius 3 is 2.75 bits per heavy atom. The van der Waals surface area contributed by atoms with Crippen LogP contribution in [0.2, 0.25) is 5.02 Å². The van der Waals surface area contributed by atoms with Crippen LogP contribution in [0.5, 0.6) is 0 Å². The SMILES string of the molecule is CC(C=C[C@H]1O[C@@H](n2cnc3c(NCc4cccc(Cl)c4)ncnc32)[C@H](O)[C@@H]1O)NCCCNC(=O)Nc1ccc(F)cc1. The zero-order chi connectivity index (χ0) is 31.1. The number of fused-ring (bicyclic) bond motifs is 1. The number of benzene rings is 2. The number of anilines is 2. The number of aliphatic hydroxyl groups excluding tert-OH is 2. The Kier molecular flexibility index (Phi) is 10.4. The standard InChI is InChI=1S/C30H34ClFN8O4/c1-18(33-12-3-13-34-30(43)39-22-9-7-21(32)8-10-22)6-11-23-25(41)26(42)29(44-23)40-17-38-24-27(36-16-37-28(24)40)35-15-19-4-2-5-20(31)14-19/h2,4-11,14,16-18,23,25-26,29,33,41-42H,3,12-13,15H2,1H3,(H2,34,39,43)(H,35,36,37)/t18?,23-,25-,26-,29-/m1/s1. The van der Waals surface area contributed by atoms with Gasteiger partial charge < -0.3 is 36.2 Å². The molecule has 2 aromatic carbocycles. The predicted octanol–water partition coefficient (Wildman–Crippen LogP) is 3.60. The lowest BCUT2D eigenvalue weighted by Gasteiger charge is -2.16. The number of hydrogen-bond donors (Lipinski definition) is 6. The van der Waals surface area contributed by atoms with Crippen LogP contribution >= 0.6 is 11.6 Å². The largest absolute Gasteiger partial charge is 0.387 e. The highest BCUT2D eigenvalue weighted by Crippen LogP contribution is 2.33. The van der Waals surface area contributed by atoms with Crippen LogP contribution in [-0.4, -0.2) is 73.2 Å². The molecule has 0 aliphatic carbocycles. The van der Waals surface area contributed by atoms with E-state index in [0.29, 0.717) is 53.7 Å². The molecule has 2 aromatic heterocycles. The normalized spacial score (nSPS) is 20.7. The molecule has 1 saturated heterocycles. The Morgan fingerprint density at radius 1 is 1.14 bits per heavy atom. The molecule has 1 aliphatic heterocycles. The van der Waals surface area contributed by atoms with Gasteiger partial charge in [-0.1, -0.05) is 35.9 Å². The molecular formula is C30H34ClFN8O4. The lowest BCUT2D eigenvalue weighted by atomic mass is 10.1. The number of hydrogen-bond acceptors (Lipinski definition) is 9. The number of halogens is 2. The molecule has 0 radical (unpaired) electrons. The monoisotopic (exact) mass is 624 g/mol. The summed E-state index contributed by atoms with van der Waals surface area (Å²) in [5, 5.41) is 34.1. The molecule has 5 rings (SSSR count). The van der Waals surface area contributed by atoms with Crippen molar-refractivity contribution in [2.75, 3.05) is 23.7 Å². The molecule has 1 fully saturated rings. The lowest BCUT2D eigenvalue weighted by Crippen LogP contribution is -2.33. The van der Waals surface area contributed by atoms with E-state index in [1.807, 2.05) is 31.2 Å². The molecule has 2 amide bonds. The van der Waals surface area contributed by atoms with E-state index in [-0.39, 0.29) is 17.9 Å².